The van der Waals surface area contributed by atoms with Gasteiger partial charge >= 0.3 is 0 Å². The predicted molar refractivity (Wildman–Crippen MR) is 127 cm³/mol. The van der Waals surface area contributed by atoms with E-state index in [0.29, 0.717) is 5.92 Å². The van der Waals surface area contributed by atoms with Crippen LogP contribution < -0.4 is 5.73 Å². The molecule has 1 fully saturated rings. The molecule has 1 aliphatic carbocycles. The minimum atomic E-state index is 0.596. The van der Waals surface area contributed by atoms with Crippen molar-refractivity contribution in [2.75, 3.05) is 11.5 Å². The number of thioether (sulfide) groups is 1. The van der Waals surface area contributed by atoms with Gasteiger partial charge in [-0.3, -0.25) is 4.98 Å². The number of fused-ring (bicyclic) bond motifs is 1. The lowest BCUT2D eigenvalue weighted by molar-refractivity contribution is 0.805. The van der Waals surface area contributed by atoms with Crippen molar-refractivity contribution in [2.45, 2.75) is 42.7 Å². The molecule has 5 nitrogen and oxygen atoms in total. The van der Waals surface area contributed by atoms with Crippen molar-refractivity contribution < 1.29 is 0 Å². The fourth-order valence-corrected chi connectivity index (χ4v) is 6.23. The second-order valence-corrected chi connectivity index (χ2v) is 10.2. The number of rotatable bonds is 7. The number of imidazole rings is 1. The van der Waals surface area contributed by atoms with Crippen molar-refractivity contribution in [1.82, 2.24) is 19.5 Å². The van der Waals surface area contributed by atoms with Crippen LogP contribution in [0.1, 0.15) is 44.3 Å². The quantitative estimate of drug-likeness (QED) is 0.280. The Morgan fingerprint density at radius 1 is 1.30 bits per heavy atom. The molecule has 5 rings (SSSR count). The molecule has 1 aliphatic rings. The molecule has 30 heavy (non-hydrogen) atoms. The fourth-order valence-electron chi connectivity index (χ4n) is 3.78. The third-order valence-electron chi connectivity index (χ3n) is 5.60. The van der Waals surface area contributed by atoms with Crippen molar-refractivity contribution in [2.24, 2.45) is 7.05 Å². The third kappa shape index (κ3) is 3.50. The molecule has 0 spiro atoms. The summed E-state index contributed by atoms with van der Waals surface area (Å²) in [6.07, 6.45) is 10.5. The number of anilines is 1. The van der Waals surface area contributed by atoms with Gasteiger partial charge in [0, 0.05) is 41.9 Å². The van der Waals surface area contributed by atoms with Gasteiger partial charge in [0.2, 0.25) is 0 Å². The van der Waals surface area contributed by atoms with E-state index in [1.54, 1.807) is 17.5 Å². The lowest BCUT2D eigenvalue weighted by Gasteiger charge is -2.10. The molecule has 7 heteroatoms. The summed E-state index contributed by atoms with van der Waals surface area (Å²) in [4.78, 5) is 15.0. The van der Waals surface area contributed by atoms with E-state index in [0.717, 1.165) is 44.2 Å². The highest BCUT2D eigenvalue weighted by Gasteiger charge is 2.29. The Kier molecular flexibility index (Phi) is 5.25. The topological polar surface area (TPSA) is 69.6 Å². The summed E-state index contributed by atoms with van der Waals surface area (Å²) in [5.41, 5.74) is 11.7. The van der Waals surface area contributed by atoms with Crippen LogP contribution in [0.4, 0.5) is 5.69 Å². The first-order chi connectivity index (χ1) is 14.7. The Labute approximate surface area is 184 Å². The molecule has 0 amide bonds. The van der Waals surface area contributed by atoms with E-state index in [1.165, 1.54) is 35.7 Å². The lowest BCUT2D eigenvalue weighted by atomic mass is 10.1. The molecule has 4 aromatic rings. The largest absolute Gasteiger partial charge is 0.397 e. The molecule has 154 valence electrons. The lowest BCUT2D eigenvalue weighted by Crippen LogP contribution is -1.99. The molecular weight excluding hydrogens is 410 g/mol. The van der Waals surface area contributed by atoms with Gasteiger partial charge in [-0.05, 0) is 43.2 Å². The van der Waals surface area contributed by atoms with E-state index in [9.17, 15) is 0 Å². The number of pyridine rings is 2. The summed E-state index contributed by atoms with van der Waals surface area (Å²) in [5, 5.41) is 1.05. The highest BCUT2D eigenvalue weighted by atomic mass is 32.2. The molecule has 0 bridgehead atoms. The first kappa shape index (κ1) is 19.6. The highest BCUT2D eigenvalue weighted by Crippen LogP contribution is 2.46. The first-order valence-corrected chi connectivity index (χ1v) is 12.3. The van der Waals surface area contributed by atoms with Crippen LogP contribution in [0.25, 0.3) is 32.7 Å². The van der Waals surface area contributed by atoms with Crippen molar-refractivity contribution in [3.8, 4) is 22.5 Å². The zero-order valence-electron chi connectivity index (χ0n) is 17.3. The van der Waals surface area contributed by atoms with Crippen LogP contribution in [0.2, 0.25) is 0 Å². The molecule has 0 radical (unpaired) electrons. The summed E-state index contributed by atoms with van der Waals surface area (Å²) < 4.78 is 3.40. The minimum absolute atomic E-state index is 0.596. The van der Waals surface area contributed by atoms with E-state index in [1.807, 2.05) is 30.2 Å². The molecule has 0 atom stereocenters. The number of aromatic nitrogens is 4. The molecule has 4 aromatic heterocycles. The van der Waals surface area contributed by atoms with E-state index < -0.39 is 0 Å². The number of thiophene rings is 1. The average Bonchev–Trinajstić information content (AvgIpc) is 3.46. The molecule has 2 N–H and O–H groups in total. The second kappa shape index (κ2) is 8.04. The standard InChI is InChI=1S/C23H25N5S2/c1-3-4-10-29-23-20(24)19-16(18-13-26-21(28(18)2)14-7-8-14)11-17(27-22(19)30-23)15-6-5-9-25-12-15/h5-6,9,11-14H,3-4,7-8,10,24H2,1-2H3. The van der Waals surface area contributed by atoms with Gasteiger partial charge in [-0.1, -0.05) is 13.3 Å². The Hall–Kier alpha value is -2.38. The number of hydrogen-bond acceptors (Lipinski definition) is 6. The summed E-state index contributed by atoms with van der Waals surface area (Å²) in [6.45, 7) is 2.22. The van der Waals surface area contributed by atoms with Gasteiger partial charge < -0.3 is 10.3 Å². The monoisotopic (exact) mass is 435 g/mol. The Morgan fingerprint density at radius 3 is 2.90 bits per heavy atom. The molecule has 0 saturated heterocycles. The normalized spacial score (nSPS) is 13.9. The molecule has 0 unspecified atom stereocenters. The van der Waals surface area contributed by atoms with Crippen molar-refractivity contribution in [1.29, 1.82) is 0 Å². The molecule has 0 aliphatic heterocycles. The van der Waals surface area contributed by atoms with Crippen LogP contribution in [0.15, 0.2) is 41.0 Å². The van der Waals surface area contributed by atoms with Crippen molar-refractivity contribution >= 4 is 39.0 Å². The smallest absolute Gasteiger partial charge is 0.127 e. The van der Waals surface area contributed by atoms with E-state index in [4.69, 9.17) is 15.7 Å². The average molecular weight is 436 g/mol. The molecule has 4 heterocycles. The number of hydrogen-bond donors (Lipinski definition) is 1. The van der Waals surface area contributed by atoms with E-state index >= 15 is 0 Å². The van der Waals surface area contributed by atoms with Gasteiger partial charge in [0.1, 0.15) is 10.7 Å². The van der Waals surface area contributed by atoms with Gasteiger partial charge in [0.05, 0.1) is 27.5 Å². The van der Waals surface area contributed by atoms with Crippen LogP contribution in [0, 0.1) is 0 Å². The van der Waals surface area contributed by atoms with Crippen molar-refractivity contribution in [3.63, 3.8) is 0 Å². The van der Waals surface area contributed by atoms with Crippen LogP contribution >= 0.6 is 23.1 Å². The predicted octanol–water partition coefficient (Wildman–Crippen LogP) is 6.11. The first-order valence-electron chi connectivity index (χ1n) is 10.5. The van der Waals surface area contributed by atoms with Gasteiger partial charge in [-0.25, -0.2) is 9.97 Å². The molecule has 0 aromatic carbocycles. The maximum absolute atomic E-state index is 6.68. The Bertz CT molecular complexity index is 1190. The van der Waals surface area contributed by atoms with Crippen molar-refractivity contribution in [3.05, 3.63) is 42.6 Å². The highest BCUT2D eigenvalue weighted by molar-refractivity contribution is 8.01. The zero-order valence-corrected chi connectivity index (χ0v) is 18.9. The molecular formula is C23H25N5S2. The van der Waals surface area contributed by atoms with Gasteiger partial charge in [-0.15, -0.1) is 23.1 Å². The minimum Gasteiger partial charge on any atom is -0.397 e. The number of nitrogen functional groups attached to an aromatic ring is 1. The number of nitrogens with two attached hydrogens (primary N) is 1. The molecule has 1 saturated carbocycles. The van der Waals surface area contributed by atoms with Gasteiger partial charge in [0.25, 0.3) is 0 Å². The number of unbranched alkanes of at least 4 members (excludes halogenated alkanes) is 1. The van der Waals surface area contributed by atoms with Crippen LogP contribution in [0.3, 0.4) is 0 Å². The maximum Gasteiger partial charge on any atom is 0.127 e. The van der Waals surface area contributed by atoms with Crippen LogP contribution in [-0.4, -0.2) is 25.3 Å². The van der Waals surface area contributed by atoms with Gasteiger partial charge in [0.15, 0.2) is 0 Å². The summed E-state index contributed by atoms with van der Waals surface area (Å²) >= 11 is 3.55. The third-order valence-corrected chi connectivity index (χ3v) is 8.07. The fraction of sp³-hybridized carbons (Fsp3) is 0.348. The summed E-state index contributed by atoms with van der Waals surface area (Å²) in [7, 11) is 2.12. The zero-order chi connectivity index (χ0) is 20.7. The van der Waals surface area contributed by atoms with E-state index in [-0.39, 0.29) is 0 Å². The Balaban J connectivity index is 1.70. The summed E-state index contributed by atoms with van der Waals surface area (Å²) in [6, 6.07) is 6.15. The maximum atomic E-state index is 6.68. The number of nitrogens with zero attached hydrogens (tertiary/aromatic N) is 4. The second-order valence-electron chi connectivity index (χ2n) is 7.82. The Morgan fingerprint density at radius 2 is 2.17 bits per heavy atom. The van der Waals surface area contributed by atoms with Crippen LogP contribution in [-0.2, 0) is 7.05 Å². The summed E-state index contributed by atoms with van der Waals surface area (Å²) in [5.74, 6) is 2.85. The SMILES string of the molecule is CCCCSc1sc2nc(-c3cccnc3)cc(-c3cnc(C4CC4)n3C)c2c1N. The van der Waals surface area contributed by atoms with Crippen LogP contribution in [0.5, 0.6) is 0 Å². The van der Waals surface area contributed by atoms with E-state index in [2.05, 4.69) is 35.7 Å². The van der Waals surface area contributed by atoms with Gasteiger partial charge in [-0.2, -0.15) is 0 Å².